The van der Waals surface area contributed by atoms with E-state index in [9.17, 15) is 0 Å². The molecule has 0 bridgehead atoms. The molecule has 1 aliphatic rings. The fourth-order valence-electron chi connectivity index (χ4n) is 1.65. The van der Waals surface area contributed by atoms with E-state index in [1.807, 2.05) is 12.1 Å². The highest BCUT2D eigenvalue weighted by Crippen LogP contribution is 2.32. The maximum atomic E-state index is 6.17. The Kier molecular flexibility index (Phi) is 3.84. The third kappa shape index (κ3) is 2.21. The minimum absolute atomic E-state index is 0. The average Bonchev–Trinajstić information content (AvgIpc) is 2.14. The molecule has 1 fully saturated rings. The first-order chi connectivity index (χ1) is 6.65. The highest BCUT2D eigenvalue weighted by molar-refractivity contribution is 6.30. The number of halogens is 2. The number of nitrogens with one attached hydrogen (secondary N) is 1. The smallest absolute Gasteiger partial charge is 0.124 e. The number of methoxy groups -OCH3 is 1. The van der Waals surface area contributed by atoms with Gasteiger partial charge < -0.3 is 15.8 Å². The Morgan fingerprint density at radius 1 is 1.47 bits per heavy atom. The van der Waals surface area contributed by atoms with E-state index in [1.54, 1.807) is 13.2 Å². The summed E-state index contributed by atoms with van der Waals surface area (Å²) in [6, 6.07) is 5.53. The minimum Gasteiger partial charge on any atom is -0.496 e. The Morgan fingerprint density at radius 3 is 2.60 bits per heavy atom. The van der Waals surface area contributed by atoms with Crippen molar-refractivity contribution in [2.45, 2.75) is 5.54 Å². The van der Waals surface area contributed by atoms with Crippen LogP contribution in [0.25, 0.3) is 0 Å². The quantitative estimate of drug-likeness (QED) is 0.835. The first-order valence-electron chi connectivity index (χ1n) is 4.49. The second-order valence-electron chi connectivity index (χ2n) is 3.60. The van der Waals surface area contributed by atoms with Crippen LogP contribution < -0.4 is 15.8 Å². The van der Waals surface area contributed by atoms with Crippen LogP contribution in [0, 0.1) is 0 Å². The van der Waals surface area contributed by atoms with Crippen molar-refractivity contribution in [2.24, 2.45) is 5.73 Å². The van der Waals surface area contributed by atoms with E-state index in [1.165, 1.54) is 0 Å². The van der Waals surface area contributed by atoms with Gasteiger partial charge in [-0.2, -0.15) is 0 Å². The van der Waals surface area contributed by atoms with Gasteiger partial charge >= 0.3 is 0 Å². The lowest BCUT2D eigenvalue weighted by Crippen LogP contribution is -2.62. The van der Waals surface area contributed by atoms with Gasteiger partial charge in [0.25, 0.3) is 0 Å². The molecule has 2 rings (SSSR count). The van der Waals surface area contributed by atoms with Crippen LogP contribution >= 0.6 is 24.0 Å². The summed E-state index contributed by atoms with van der Waals surface area (Å²) in [5.74, 6) is 0.804. The summed E-state index contributed by atoms with van der Waals surface area (Å²) in [5, 5.41) is 3.84. The van der Waals surface area contributed by atoms with Crippen molar-refractivity contribution in [3.8, 4) is 5.75 Å². The maximum Gasteiger partial charge on any atom is 0.124 e. The number of rotatable bonds is 2. The molecule has 1 aromatic rings. The second-order valence-corrected chi connectivity index (χ2v) is 4.04. The Morgan fingerprint density at radius 2 is 2.13 bits per heavy atom. The molecule has 0 unspecified atom stereocenters. The summed E-state index contributed by atoms with van der Waals surface area (Å²) >= 11 is 5.93. The Bertz CT molecular complexity index is 353. The molecular weight excluding hydrogens is 235 g/mol. The van der Waals surface area contributed by atoms with Crippen LogP contribution in [0.3, 0.4) is 0 Å². The van der Waals surface area contributed by atoms with Crippen LogP contribution in [-0.2, 0) is 5.54 Å². The molecule has 84 valence electrons. The van der Waals surface area contributed by atoms with E-state index in [2.05, 4.69) is 5.32 Å². The van der Waals surface area contributed by atoms with Crippen molar-refractivity contribution >= 4 is 24.0 Å². The molecule has 0 saturated carbocycles. The summed E-state index contributed by atoms with van der Waals surface area (Å²) in [5.41, 5.74) is 6.82. The predicted molar refractivity (Wildman–Crippen MR) is 64.0 cm³/mol. The lowest BCUT2D eigenvalue weighted by atomic mass is 9.85. The third-order valence-electron chi connectivity index (χ3n) is 2.58. The number of ether oxygens (including phenoxy) is 1. The van der Waals surface area contributed by atoms with Gasteiger partial charge in [0.15, 0.2) is 0 Å². The van der Waals surface area contributed by atoms with Crippen molar-refractivity contribution < 1.29 is 4.74 Å². The van der Waals surface area contributed by atoms with Gasteiger partial charge in [-0.05, 0) is 18.2 Å². The second kappa shape index (κ2) is 4.58. The van der Waals surface area contributed by atoms with E-state index in [4.69, 9.17) is 22.1 Å². The summed E-state index contributed by atoms with van der Waals surface area (Å²) in [6.45, 7) is 1.54. The molecule has 15 heavy (non-hydrogen) atoms. The molecule has 0 amide bonds. The highest BCUT2D eigenvalue weighted by atomic mass is 35.5. The van der Waals surface area contributed by atoms with Gasteiger partial charge in [-0.25, -0.2) is 0 Å². The zero-order valence-corrected chi connectivity index (χ0v) is 9.99. The van der Waals surface area contributed by atoms with E-state index < -0.39 is 0 Å². The topological polar surface area (TPSA) is 47.3 Å². The van der Waals surface area contributed by atoms with Crippen molar-refractivity contribution in [3.05, 3.63) is 28.8 Å². The molecule has 3 nitrogen and oxygen atoms in total. The van der Waals surface area contributed by atoms with Crippen molar-refractivity contribution in [2.75, 3.05) is 20.2 Å². The molecular formula is C10H14Cl2N2O. The lowest BCUT2D eigenvalue weighted by Gasteiger charge is -2.40. The zero-order chi connectivity index (χ0) is 10.2. The maximum absolute atomic E-state index is 6.17. The van der Waals surface area contributed by atoms with Gasteiger partial charge in [0, 0.05) is 23.7 Å². The van der Waals surface area contributed by atoms with Gasteiger partial charge in [0.05, 0.1) is 12.6 Å². The van der Waals surface area contributed by atoms with Gasteiger partial charge in [-0.1, -0.05) is 11.6 Å². The molecule has 0 spiro atoms. The van der Waals surface area contributed by atoms with Crippen molar-refractivity contribution in [1.29, 1.82) is 0 Å². The Balaban J connectivity index is 0.00000112. The summed E-state index contributed by atoms with van der Waals surface area (Å²) in [6.07, 6.45) is 0. The first-order valence-corrected chi connectivity index (χ1v) is 4.87. The van der Waals surface area contributed by atoms with E-state index >= 15 is 0 Å². The van der Waals surface area contributed by atoms with Gasteiger partial charge in [-0.15, -0.1) is 12.4 Å². The number of nitrogens with two attached hydrogens (primary N) is 1. The highest BCUT2D eigenvalue weighted by Gasteiger charge is 2.36. The lowest BCUT2D eigenvalue weighted by molar-refractivity contribution is 0.274. The first kappa shape index (κ1) is 12.6. The van der Waals surface area contributed by atoms with Crippen LogP contribution in [0.5, 0.6) is 5.75 Å². The van der Waals surface area contributed by atoms with Gasteiger partial charge in [0.1, 0.15) is 5.75 Å². The molecule has 1 heterocycles. The molecule has 0 atom stereocenters. The summed E-state index contributed by atoms with van der Waals surface area (Å²) in [7, 11) is 1.64. The Labute approximate surface area is 100 Å². The largest absolute Gasteiger partial charge is 0.496 e. The fraction of sp³-hybridized carbons (Fsp3) is 0.400. The molecule has 0 radical (unpaired) electrons. The van der Waals surface area contributed by atoms with E-state index in [0.717, 1.165) is 24.4 Å². The summed E-state index contributed by atoms with van der Waals surface area (Å²) < 4.78 is 5.26. The molecule has 5 heteroatoms. The van der Waals surface area contributed by atoms with Crippen LogP contribution in [0.15, 0.2) is 18.2 Å². The van der Waals surface area contributed by atoms with Gasteiger partial charge in [0.2, 0.25) is 0 Å². The van der Waals surface area contributed by atoms with Crippen LogP contribution in [0.1, 0.15) is 5.56 Å². The monoisotopic (exact) mass is 248 g/mol. The summed E-state index contributed by atoms with van der Waals surface area (Å²) in [4.78, 5) is 0. The van der Waals surface area contributed by atoms with Crippen LogP contribution in [0.2, 0.25) is 5.02 Å². The number of hydrogen-bond donors (Lipinski definition) is 2. The molecule has 3 N–H and O–H groups in total. The Hall–Kier alpha value is -0.480. The number of benzene rings is 1. The molecule has 0 aliphatic carbocycles. The number of hydrogen-bond acceptors (Lipinski definition) is 3. The minimum atomic E-state index is -0.323. The molecule has 1 saturated heterocycles. The molecule has 1 aliphatic heterocycles. The van der Waals surface area contributed by atoms with E-state index in [0.29, 0.717) is 5.02 Å². The normalized spacial score (nSPS) is 17.5. The molecule has 0 aromatic heterocycles. The van der Waals surface area contributed by atoms with Gasteiger partial charge in [-0.3, -0.25) is 0 Å². The predicted octanol–water partition coefficient (Wildman–Crippen LogP) is 1.53. The van der Waals surface area contributed by atoms with Crippen molar-refractivity contribution in [3.63, 3.8) is 0 Å². The van der Waals surface area contributed by atoms with Crippen LogP contribution in [0.4, 0.5) is 0 Å². The fourth-order valence-corrected chi connectivity index (χ4v) is 1.83. The van der Waals surface area contributed by atoms with Crippen LogP contribution in [-0.4, -0.2) is 20.2 Å². The zero-order valence-electron chi connectivity index (χ0n) is 8.42. The standard InChI is InChI=1S/C10H13ClN2O.ClH/c1-14-9-3-2-7(11)4-8(9)10(12)5-13-6-10;/h2-4,13H,5-6,12H2,1H3;1H. The average molecular weight is 249 g/mol. The molecule has 1 aromatic carbocycles. The van der Waals surface area contributed by atoms with E-state index in [-0.39, 0.29) is 17.9 Å². The SMILES string of the molecule is COc1ccc(Cl)cc1C1(N)CNC1.Cl. The third-order valence-corrected chi connectivity index (χ3v) is 2.81. The van der Waals surface area contributed by atoms with Crippen molar-refractivity contribution in [1.82, 2.24) is 5.32 Å².